The number of nitro benzene ring substituents is 1. The number of rotatable bonds is 27. The molecule has 3 amide bonds. The molecule has 15 N–H and O–H groups in total. The molecule has 7 heterocycles. The first-order valence-corrected chi connectivity index (χ1v) is 34.0. The lowest BCUT2D eigenvalue weighted by Crippen LogP contribution is -2.50. The third-order valence-corrected chi connectivity index (χ3v) is 17.9. The van der Waals surface area contributed by atoms with Gasteiger partial charge in [0.15, 0.2) is 11.6 Å². The molecule has 0 saturated carbocycles. The molecule has 0 aliphatic carbocycles. The van der Waals surface area contributed by atoms with Gasteiger partial charge >= 0.3 is 27.0 Å². The molecule has 3 aliphatic rings. The lowest BCUT2D eigenvalue weighted by molar-refractivity contribution is -0.385. The highest BCUT2D eigenvalue weighted by atomic mass is 32.1. The minimum atomic E-state index is -5.41. The van der Waals surface area contributed by atoms with Gasteiger partial charge in [-0.2, -0.15) is 0 Å². The average Bonchev–Trinajstić information content (AvgIpc) is 1.42. The van der Waals surface area contributed by atoms with E-state index < -0.39 is 198 Å². The molecule has 6 aromatic rings. The number of nitrogens with one attached hydrogen (secondary N) is 5. The fraction of sp³-hybridized carbons (Fsp3) is 0.383. The van der Waals surface area contributed by atoms with Crippen LogP contribution in [0.15, 0.2) is 85.7 Å². The highest BCUT2D eigenvalue weighted by Gasteiger charge is 2.47. The predicted octanol–water partition coefficient (Wildman–Crippen LogP) is -1.94. The molecule has 3 saturated heterocycles. The van der Waals surface area contributed by atoms with Gasteiger partial charge in [-0.25, -0.2) is 28.7 Å². The third kappa shape index (κ3) is 19.4. The number of aliphatic hydroxyl groups is 2. The van der Waals surface area contributed by atoms with Crippen molar-refractivity contribution in [2.24, 2.45) is 16.6 Å². The average molecular weight is 1500 g/mol. The van der Waals surface area contributed by atoms with Crippen LogP contribution >= 0.6 is 28.6 Å². The Balaban J connectivity index is 0.893. The summed E-state index contributed by atoms with van der Waals surface area (Å²) >= 11 is 3.76. The number of phosphoric acid groups is 2. The van der Waals surface area contributed by atoms with Gasteiger partial charge in [0.2, 0.25) is 11.8 Å². The first kappa shape index (κ1) is 78.0. The van der Waals surface area contributed by atoms with Crippen molar-refractivity contribution in [3.63, 3.8) is 0 Å². The number of aromatic amines is 2. The highest BCUT2D eigenvalue weighted by Crippen LogP contribution is 2.52. The largest absolute Gasteiger partial charge is 0.472 e. The van der Waals surface area contributed by atoms with Crippen LogP contribution in [0.25, 0.3) is 11.0 Å². The number of anilines is 1. The third-order valence-electron chi connectivity index (χ3n) is 15.8. The number of hydrogen-bond donors (Lipinski definition) is 13. The molecule has 4 unspecified atom stereocenters. The summed E-state index contributed by atoms with van der Waals surface area (Å²) in [5.74, 6) is 12.2. The van der Waals surface area contributed by atoms with E-state index in [0.717, 1.165) is 33.9 Å². The number of nitrogens with two attached hydrogens (primary N) is 3. The van der Waals surface area contributed by atoms with Crippen LogP contribution in [0.3, 0.4) is 0 Å². The van der Waals surface area contributed by atoms with Gasteiger partial charge < -0.3 is 76.1 Å². The number of H-pyrrole nitrogens is 2. The molecule has 44 heteroatoms. The number of nitro groups is 1. The van der Waals surface area contributed by atoms with E-state index in [-0.39, 0.29) is 74.4 Å². The quantitative estimate of drug-likeness (QED) is 0.00390. The fourth-order valence-corrected chi connectivity index (χ4v) is 12.7. The molecule has 41 nitrogen and oxygen atoms in total. The predicted molar refractivity (Wildman–Crippen MR) is 358 cm³/mol. The number of carbonyl (C=O) groups excluding carboxylic acids is 5. The number of ketones is 2. The Morgan fingerprint density at radius 2 is 1.30 bits per heavy atom. The van der Waals surface area contributed by atoms with E-state index >= 15 is 0 Å². The van der Waals surface area contributed by atoms with Crippen molar-refractivity contribution < 1.29 is 94.5 Å². The second-order valence-corrected chi connectivity index (χ2v) is 26.0. The van der Waals surface area contributed by atoms with E-state index in [9.17, 15) is 87.3 Å². The molecule has 0 bridgehead atoms. The zero-order valence-electron chi connectivity index (χ0n) is 54.2. The normalized spacial score (nSPS) is 21.5. The van der Waals surface area contributed by atoms with Gasteiger partial charge in [0.1, 0.15) is 89.9 Å². The van der Waals surface area contributed by atoms with Gasteiger partial charge in [0.25, 0.3) is 22.7 Å². The van der Waals surface area contributed by atoms with Gasteiger partial charge in [-0.05, 0) is 62.3 Å². The SMILES string of the molecule is CC(=O)c1ccc(C#Cc2cn([C@H]3C[C@H](OP(=O)(O)OC[C@H]4O[C@@H](n5cc(C#Cc6ccc(C(C)=O)c([N+](=O)[O-])c6)c6c(N)ncnc65)C[C@@H]4O)[C@@H](COP(=O)(O)O[C@H]4C[C@H](n5cc(C#CCNC(=O)CNC(=O)C(O)CNC(=O)C(N)CN)c(=O)[nH]c5=O)O[C@@H]4COS)O3)c(=O)[nH]c2=O)cc1N=O. The highest BCUT2D eigenvalue weighted by molar-refractivity contribution is 7.75. The number of fused-ring (bicyclic) bond motifs is 1. The molecule has 3 aliphatic heterocycles. The van der Waals surface area contributed by atoms with Crippen LogP contribution in [-0.4, -0.2) is 183 Å². The van der Waals surface area contributed by atoms with E-state index in [0.29, 0.717) is 0 Å². The topological polar surface area (TPSA) is 601 Å². The summed E-state index contributed by atoms with van der Waals surface area (Å²) in [5.41, 5.74) is 11.9. The van der Waals surface area contributed by atoms with Gasteiger partial charge in [0, 0.05) is 67.2 Å². The molecule has 13 atom stereocenters. The first-order valence-electron chi connectivity index (χ1n) is 30.7. The Morgan fingerprint density at radius 1 is 0.760 bits per heavy atom. The molecule has 104 heavy (non-hydrogen) atoms. The van der Waals surface area contributed by atoms with Crippen LogP contribution in [0.5, 0.6) is 0 Å². The summed E-state index contributed by atoms with van der Waals surface area (Å²) < 4.78 is 76.1. The molecule has 9 rings (SSSR count). The van der Waals surface area contributed by atoms with Crippen molar-refractivity contribution in [2.45, 2.75) is 101 Å². The zero-order valence-corrected chi connectivity index (χ0v) is 56.9. The van der Waals surface area contributed by atoms with Gasteiger partial charge in [-0.1, -0.05) is 35.5 Å². The maximum absolute atomic E-state index is 14.0. The second-order valence-electron chi connectivity index (χ2n) is 22.9. The number of aromatic nitrogens is 7. The van der Waals surface area contributed by atoms with Crippen LogP contribution in [0.1, 0.15) is 100 Å². The monoisotopic (exact) mass is 1500 g/mol. The number of amides is 3. The number of carbonyl (C=O) groups is 5. The number of hydrogen-bond acceptors (Lipinski definition) is 31. The van der Waals surface area contributed by atoms with Crippen molar-refractivity contribution in [2.75, 3.05) is 51.7 Å². The maximum Gasteiger partial charge on any atom is 0.472 e. The van der Waals surface area contributed by atoms with Crippen molar-refractivity contribution in [1.82, 2.24) is 49.6 Å². The summed E-state index contributed by atoms with van der Waals surface area (Å²) in [6.45, 7) is -1.80. The van der Waals surface area contributed by atoms with Crippen LogP contribution < -0.4 is 55.6 Å². The molecule has 550 valence electrons. The van der Waals surface area contributed by atoms with Crippen molar-refractivity contribution in [3.05, 3.63) is 157 Å². The number of Topliss-reactive ketones (excluding diaryl/α,β-unsaturated/α-hetero) is 2. The minimum absolute atomic E-state index is 0.0111. The van der Waals surface area contributed by atoms with Crippen molar-refractivity contribution in [3.8, 4) is 35.5 Å². The molecule has 3 fully saturated rings. The van der Waals surface area contributed by atoms with E-state index in [4.69, 9.17) is 53.7 Å². The Bertz CT molecular complexity index is 4930. The summed E-state index contributed by atoms with van der Waals surface area (Å²) in [7, 11) is -10.8. The number of nitrogen functional groups attached to an aromatic ring is 1. The van der Waals surface area contributed by atoms with Crippen LogP contribution in [0.2, 0.25) is 0 Å². The first-order chi connectivity index (χ1) is 49.4. The number of ether oxygens (including phenoxy) is 3. The minimum Gasteiger partial charge on any atom is -0.390 e. The Kier molecular flexibility index (Phi) is 25.5. The van der Waals surface area contributed by atoms with Crippen LogP contribution in [0.4, 0.5) is 17.2 Å². The van der Waals surface area contributed by atoms with Gasteiger partial charge in [-0.15, -0.1) is 4.91 Å². The summed E-state index contributed by atoms with van der Waals surface area (Å²) in [5, 5.41) is 42.9. The smallest absolute Gasteiger partial charge is 0.390 e. The summed E-state index contributed by atoms with van der Waals surface area (Å²) in [6, 6.07) is 6.54. The Labute approximate surface area is 589 Å². The number of benzene rings is 2. The van der Waals surface area contributed by atoms with Crippen molar-refractivity contribution >= 4 is 86.1 Å². The summed E-state index contributed by atoms with van der Waals surface area (Å²) in [4.78, 5) is 171. The van der Waals surface area contributed by atoms with Crippen LogP contribution in [-0.2, 0) is 60.0 Å². The zero-order chi connectivity index (χ0) is 75.5. The lowest BCUT2D eigenvalue weighted by atomic mass is 10.1. The fourth-order valence-electron chi connectivity index (χ4n) is 10.6. The van der Waals surface area contributed by atoms with Crippen molar-refractivity contribution in [1.29, 1.82) is 0 Å². The molecule has 0 spiro atoms. The molecule has 2 aromatic carbocycles. The standard InChI is InChI=1S/C60H63N15O26P2S/c1-29(76)36-11-7-31(14-39(36)71-87)6-10-35-24-74(60(86)70-56(35)82)50-17-43(100-102(90,91)94-25-45-41(78)16-49(97-45)72-22-33(52-53(63)67-28-68-54(52)72)9-5-32-8-12-37(30(2)77)40(15-32)75(88)89)46(98-50)26-95-103(92,93)101-44-18-51(99-47(44)27-96-104)73-23-34(55(81)69-59(73)85)4-3-13-64-48(80)21-66-58(84)42(79)20-65-57(83)38(62)19-61/h7-8,11-12,14-15,22-24,28,38,41-47,49-51,78-79,104H,13,16-21,25-27,61-62H2,1-2H3,(H,64,80)(H,65,83)(H,66,84)(H,90,91)(H,92,93)(H2,63,67,68)(H,69,81,85)(H,70,82,86)/t38?,41-,42?,43-,44-,45+,46+,47+,49+,50+,51+/m0/s1. The number of nitrogens with zero attached hydrogens (tertiary/aromatic N) is 7. The molecule has 0 radical (unpaired) electrons. The Morgan fingerprint density at radius 3 is 1.88 bits per heavy atom. The second kappa shape index (κ2) is 34.0. The number of phosphoric ester groups is 2. The lowest BCUT2D eigenvalue weighted by Gasteiger charge is -2.24. The molecular weight excluding hydrogens is 1440 g/mol. The number of aliphatic hydroxyl groups excluding tert-OH is 2. The number of nitroso groups, excluding NO2 is 1. The van der Waals surface area contributed by atoms with Gasteiger partial charge in [0.05, 0.1) is 73.0 Å². The summed E-state index contributed by atoms with van der Waals surface area (Å²) in [6.07, 6.45) is -11.7. The molecular formula is C60H63N15O26P2S. The maximum atomic E-state index is 14.0. The van der Waals surface area contributed by atoms with E-state index in [1.807, 2.05) is 0 Å². The molecule has 4 aromatic heterocycles. The van der Waals surface area contributed by atoms with Gasteiger partial charge in [-0.3, -0.25) is 80.9 Å². The van der Waals surface area contributed by atoms with E-state index in [1.54, 1.807) is 0 Å². The number of thiol groups is 1. The Hall–Kier alpha value is -10.1. The van der Waals surface area contributed by atoms with E-state index in [2.05, 4.69) is 89.5 Å². The van der Waals surface area contributed by atoms with Crippen LogP contribution in [0, 0.1) is 50.5 Å². The van der Waals surface area contributed by atoms with E-state index in [1.165, 1.54) is 54.9 Å².